The molecule has 0 aromatic heterocycles. The molecule has 1 aliphatic carbocycles. The van der Waals surface area contributed by atoms with Crippen LogP contribution >= 0.6 is 0 Å². The number of ether oxygens (including phenoxy) is 1. The van der Waals surface area contributed by atoms with Crippen molar-refractivity contribution in [1.82, 2.24) is 0 Å². The fourth-order valence-corrected chi connectivity index (χ4v) is 8.00. The highest BCUT2D eigenvalue weighted by atomic mass is 28.3. The third-order valence-corrected chi connectivity index (χ3v) is 11.7. The first-order valence-electron chi connectivity index (χ1n) is 14.2. The highest BCUT2D eigenvalue weighted by Crippen LogP contribution is 2.41. The summed E-state index contributed by atoms with van der Waals surface area (Å²) in [6.07, 6.45) is 8.10. The normalized spacial score (nSPS) is 17.8. The quantitative estimate of drug-likeness (QED) is 0.123. The van der Waals surface area contributed by atoms with Crippen molar-refractivity contribution in [2.45, 2.75) is 95.7 Å². The van der Waals surface area contributed by atoms with Gasteiger partial charge in [-0.15, -0.1) is 0 Å². The van der Waals surface area contributed by atoms with Gasteiger partial charge in [0.1, 0.15) is 0 Å². The molecule has 6 heteroatoms. The molecule has 208 valence electrons. The molecular weight excluding hydrogens is 498 g/mol. The van der Waals surface area contributed by atoms with Crippen LogP contribution in [0.3, 0.4) is 0 Å². The van der Waals surface area contributed by atoms with Crippen molar-refractivity contribution in [3.8, 4) is 0 Å². The molecular formula is C32H44F2O3Si. The van der Waals surface area contributed by atoms with Gasteiger partial charge in [-0.3, -0.25) is 0 Å². The molecule has 1 aliphatic rings. The lowest BCUT2D eigenvalue weighted by Gasteiger charge is -2.30. The zero-order valence-corrected chi connectivity index (χ0v) is 24.3. The maximum absolute atomic E-state index is 14.9. The van der Waals surface area contributed by atoms with Crippen molar-refractivity contribution in [3.05, 3.63) is 76.9 Å². The van der Waals surface area contributed by atoms with Gasteiger partial charge in [0, 0.05) is 0 Å². The van der Waals surface area contributed by atoms with Gasteiger partial charge in [0.15, 0.2) is 11.6 Å². The zero-order chi connectivity index (χ0) is 27.7. The molecule has 0 radical (unpaired) electrons. The van der Waals surface area contributed by atoms with Crippen molar-refractivity contribution in [1.29, 1.82) is 0 Å². The van der Waals surface area contributed by atoms with Crippen LogP contribution in [0.25, 0.3) is 0 Å². The monoisotopic (exact) mass is 542 g/mol. The van der Waals surface area contributed by atoms with E-state index in [1.807, 2.05) is 6.07 Å². The molecule has 38 heavy (non-hydrogen) atoms. The van der Waals surface area contributed by atoms with Gasteiger partial charge < -0.3 is 9.84 Å². The Labute approximate surface area is 228 Å². The summed E-state index contributed by atoms with van der Waals surface area (Å²) in [7, 11) is -1.68. The Hall–Kier alpha value is -2.31. The number of aryl methyl sites for hydroxylation is 1. The zero-order valence-electron chi connectivity index (χ0n) is 23.3. The Bertz CT molecular complexity index is 1070. The molecule has 0 spiro atoms. The molecule has 1 fully saturated rings. The molecule has 3 rings (SSSR count). The Balaban J connectivity index is 1.52. The van der Waals surface area contributed by atoms with Crippen molar-refractivity contribution in [2.75, 3.05) is 13.2 Å². The number of benzene rings is 2. The van der Waals surface area contributed by atoms with Crippen LogP contribution in [0, 0.1) is 11.6 Å². The second-order valence-electron chi connectivity index (χ2n) is 11.5. The fourth-order valence-electron chi connectivity index (χ4n) is 5.61. The number of halogens is 2. The summed E-state index contributed by atoms with van der Waals surface area (Å²) in [5.41, 5.74) is 2.47. The van der Waals surface area contributed by atoms with Gasteiger partial charge in [-0.1, -0.05) is 87.1 Å². The second-order valence-corrected chi connectivity index (χ2v) is 16.3. The molecule has 0 amide bonds. The van der Waals surface area contributed by atoms with Crippen molar-refractivity contribution < 1.29 is 23.4 Å². The number of aliphatic hydroxyl groups is 1. The van der Waals surface area contributed by atoms with E-state index in [1.54, 1.807) is 6.07 Å². The van der Waals surface area contributed by atoms with E-state index in [-0.39, 0.29) is 18.1 Å². The average molecular weight is 543 g/mol. The third kappa shape index (κ3) is 7.86. The molecule has 3 nitrogen and oxygen atoms in total. The van der Waals surface area contributed by atoms with Crippen LogP contribution in [0.15, 0.2) is 48.6 Å². The smallest absolute Gasteiger partial charge is 0.335 e. The predicted molar refractivity (Wildman–Crippen MR) is 154 cm³/mol. The molecule has 0 atom stereocenters. The van der Waals surface area contributed by atoms with Crippen LogP contribution in [0.4, 0.5) is 8.78 Å². The molecule has 0 saturated heterocycles. The summed E-state index contributed by atoms with van der Waals surface area (Å²) in [5, 5.41) is 10.3. The SMILES string of the molecule is C=C(CO)C(=O)OCCC[Si](C)(C)c1ccc(C2CCC(c3ccc(CCCCC)c(F)c3F)CC2)cc1. The molecule has 0 unspecified atom stereocenters. The first kappa shape index (κ1) is 30.2. The number of carbonyl (C=O) groups is 1. The van der Waals surface area contributed by atoms with E-state index >= 15 is 0 Å². The topological polar surface area (TPSA) is 46.5 Å². The number of carbonyl (C=O) groups excluding carboxylic acids is 1. The molecule has 1 saturated carbocycles. The highest BCUT2D eigenvalue weighted by molar-refractivity contribution is 6.89. The molecule has 1 N–H and O–H groups in total. The van der Waals surface area contributed by atoms with Crippen LogP contribution < -0.4 is 5.19 Å². The lowest BCUT2D eigenvalue weighted by atomic mass is 9.76. The Kier molecular flexibility index (Phi) is 11.3. The maximum Gasteiger partial charge on any atom is 0.335 e. The number of unbranched alkanes of at least 4 members (excludes halogenated alkanes) is 2. The lowest BCUT2D eigenvalue weighted by Crippen LogP contribution is -2.41. The van der Waals surface area contributed by atoms with E-state index < -0.39 is 25.7 Å². The average Bonchev–Trinajstić information content (AvgIpc) is 2.93. The van der Waals surface area contributed by atoms with Gasteiger partial charge in [0.05, 0.1) is 26.9 Å². The summed E-state index contributed by atoms with van der Waals surface area (Å²) in [6, 6.07) is 13.6. The minimum atomic E-state index is -1.68. The maximum atomic E-state index is 14.9. The third-order valence-electron chi connectivity index (χ3n) is 8.23. The number of aliphatic hydroxyl groups excluding tert-OH is 1. The molecule has 2 aromatic carbocycles. The van der Waals surface area contributed by atoms with E-state index in [0.717, 1.165) is 57.4 Å². The number of rotatable bonds is 13. The summed E-state index contributed by atoms with van der Waals surface area (Å²) in [4.78, 5) is 11.6. The van der Waals surface area contributed by atoms with E-state index in [2.05, 4.69) is 50.9 Å². The first-order valence-corrected chi connectivity index (χ1v) is 17.4. The minimum absolute atomic E-state index is 0.0825. The summed E-state index contributed by atoms with van der Waals surface area (Å²) >= 11 is 0. The van der Waals surface area contributed by atoms with Gasteiger partial charge in [0.25, 0.3) is 0 Å². The summed E-state index contributed by atoms with van der Waals surface area (Å²) in [6.45, 7) is 10.2. The Morgan fingerprint density at radius 3 is 2.26 bits per heavy atom. The van der Waals surface area contributed by atoms with Gasteiger partial charge in [-0.25, -0.2) is 13.6 Å². The number of hydrogen-bond donors (Lipinski definition) is 1. The molecule has 0 aliphatic heterocycles. The van der Waals surface area contributed by atoms with Crippen molar-refractivity contribution >= 4 is 19.2 Å². The Morgan fingerprint density at radius 2 is 1.63 bits per heavy atom. The van der Waals surface area contributed by atoms with Gasteiger partial charge in [-0.2, -0.15) is 0 Å². The molecule has 2 aromatic rings. The van der Waals surface area contributed by atoms with E-state index in [9.17, 15) is 13.6 Å². The van der Waals surface area contributed by atoms with Crippen molar-refractivity contribution in [3.63, 3.8) is 0 Å². The Morgan fingerprint density at radius 1 is 0.974 bits per heavy atom. The van der Waals surface area contributed by atoms with Gasteiger partial charge in [-0.05, 0) is 73.5 Å². The fraction of sp³-hybridized carbons (Fsp3) is 0.531. The first-order chi connectivity index (χ1) is 18.2. The second kappa shape index (κ2) is 14.2. The van der Waals surface area contributed by atoms with Crippen LogP contribution in [0.2, 0.25) is 19.1 Å². The highest BCUT2D eigenvalue weighted by Gasteiger charge is 2.28. The summed E-state index contributed by atoms with van der Waals surface area (Å²) < 4.78 is 34.8. The van der Waals surface area contributed by atoms with E-state index in [1.165, 1.54) is 10.8 Å². The van der Waals surface area contributed by atoms with Crippen molar-refractivity contribution in [2.24, 2.45) is 0 Å². The van der Waals surface area contributed by atoms with Crippen LogP contribution in [0.1, 0.15) is 86.8 Å². The predicted octanol–water partition coefficient (Wildman–Crippen LogP) is 7.54. The lowest BCUT2D eigenvalue weighted by molar-refractivity contribution is -0.139. The van der Waals surface area contributed by atoms with E-state index in [0.29, 0.717) is 30.1 Å². The summed E-state index contributed by atoms with van der Waals surface area (Å²) in [5.74, 6) is -1.27. The van der Waals surface area contributed by atoms with Crippen LogP contribution in [0.5, 0.6) is 0 Å². The van der Waals surface area contributed by atoms with E-state index in [4.69, 9.17) is 9.84 Å². The van der Waals surface area contributed by atoms with Gasteiger partial charge in [0.2, 0.25) is 0 Å². The largest absolute Gasteiger partial charge is 0.462 e. The molecule has 0 bridgehead atoms. The minimum Gasteiger partial charge on any atom is -0.462 e. The van der Waals surface area contributed by atoms with Crippen LogP contribution in [-0.4, -0.2) is 32.4 Å². The molecule has 0 heterocycles. The standard InChI is InChI=1S/C32H44F2O3Si/c1-5-6-7-9-27-16-19-29(31(34)30(27)33)26-12-10-24(11-13-26)25-14-17-28(18-15-25)38(3,4)21-8-20-37-32(36)23(2)22-35/h14-19,24,26,35H,2,5-13,20-22H2,1,3-4H3. The van der Waals surface area contributed by atoms with Gasteiger partial charge >= 0.3 is 5.97 Å². The number of hydrogen-bond acceptors (Lipinski definition) is 3. The number of esters is 1. The van der Waals surface area contributed by atoms with Crippen LogP contribution in [-0.2, 0) is 16.0 Å².